The second-order valence-corrected chi connectivity index (χ2v) is 7.37. The van der Waals surface area contributed by atoms with Crippen molar-refractivity contribution < 1.29 is 0 Å². The van der Waals surface area contributed by atoms with Gasteiger partial charge in [-0.3, -0.25) is 0 Å². The first-order chi connectivity index (χ1) is 8.52. The van der Waals surface area contributed by atoms with Crippen LogP contribution in [0.2, 0.25) is 0 Å². The van der Waals surface area contributed by atoms with Crippen molar-refractivity contribution in [3.8, 4) is 0 Å². The molecule has 1 N–H and O–H groups in total. The Morgan fingerprint density at radius 1 is 1.00 bits per heavy atom. The fourth-order valence-corrected chi connectivity index (χ4v) is 3.89. The minimum absolute atomic E-state index is 0.595. The summed E-state index contributed by atoms with van der Waals surface area (Å²) < 4.78 is 0. The molecule has 2 nitrogen and oxygen atoms in total. The number of hydrogen-bond donors (Lipinski definition) is 1. The lowest BCUT2D eigenvalue weighted by molar-refractivity contribution is 0.0720. The maximum absolute atomic E-state index is 3.48. The molecule has 2 aliphatic carbocycles. The van der Waals surface area contributed by atoms with Gasteiger partial charge in [0.25, 0.3) is 0 Å². The van der Waals surface area contributed by atoms with Crippen LogP contribution >= 0.6 is 0 Å². The van der Waals surface area contributed by atoms with Crippen LogP contribution in [0.3, 0.4) is 0 Å². The fraction of sp³-hybridized carbons (Fsp3) is 1.00. The van der Waals surface area contributed by atoms with E-state index >= 15 is 0 Å². The SMILES string of the molecule is CNC1CCCC(N(C)C2CCC(C)(C)CC2)C1. The highest BCUT2D eigenvalue weighted by atomic mass is 15.2. The number of hydrogen-bond acceptors (Lipinski definition) is 2. The van der Waals surface area contributed by atoms with Crippen molar-refractivity contribution in [3.63, 3.8) is 0 Å². The molecule has 0 saturated heterocycles. The van der Waals surface area contributed by atoms with Crippen molar-refractivity contribution >= 4 is 0 Å². The summed E-state index contributed by atoms with van der Waals surface area (Å²) >= 11 is 0. The molecule has 0 spiro atoms. The number of rotatable bonds is 3. The van der Waals surface area contributed by atoms with Gasteiger partial charge in [0, 0.05) is 18.1 Å². The van der Waals surface area contributed by atoms with E-state index in [1.165, 1.54) is 51.4 Å². The summed E-state index contributed by atoms with van der Waals surface area (Å²) in [6.07, 6.45) is 11.2. The fourth-order valence-electron chi connectivity index (χ4n) is 3.89. The van der Waals surface area contributed by atoms with Crippen LogP contribution in [0.25, 0.3) is 0 Å². The Labute approximate surface area is 114 Å². The van der Waals surface area contributed by atoms with Crippen LogP contribution in [0.5, 0.6) is 0 Å². The van der Waals surface area contributed by atoms with Gasteiger partial charge in [0.15, 0.2) is 0 Å². The molecule has 2 aliphatic rings. The van der Waals surface area contributed by atoms with E-state index in [1.54, 1.807) is 0 Å². The minimum atomic E-state index is 0.595. The van der Waals surface area contributed by atoms with Crippen molar-refractivity contribution in [2.24, 2.45) is 5.41 Å². The van der Waals surface area contributed by atoms with E-state index in [1.807, 2.05) is 0 Å². The van der Waals surface area contributed by atoms with Gasteiger partial charge in [-0.15, -0.1) is 0 Å². The summed E-state index contributed by atoms with van der Waals surface area (Å²) in [6.45, 7) is 4.86. The molecule has 0 radical (unpaired) electrons. The van der Waals surface area contributed by atoms with Gasteiger partial charge in [0.2, 0.25) is 0 Å². The molecule has 0 aromatic heterocycles. The molecule has 2 rings (SSSR count). The normalized spacial score (nSPS) is 33.8. The quantitative estimate of drug-likeness (QED) is 0.828. The molecule has 0 bridgehead atoms. The first kappa shape index (κ1) is 14.3. The Hall–Kier alpha value is -0.0800. The predicted octanol–water partition coefficient (Wildman–Crippen LogP) is 3.42. The van der Waals surface area contributed by atoms with Gasteiger partial charge in [-0.1, -0.05) is 20.3 Å². The van der Waals surface area contributed by atoms with Crippen LogP contribution in [-0.2, 0) is 0 Å². The van der Waals surface area contributed by atoms with Crippen LogP contribution < -0.4 is 5.32 Å². The lowest BCUT2D eigenvalue weighted by Crippen LogP contribution is -2.47. The van der Waals surface area contributed by atoms with Crippen LogP contribution in [0.15, 0.2) is 0 Å². The molecule has 0 aliphatic heterocycles. The molecule has 2 heteroatoms. The van der Waals surface area contributed by atoms with Gasteiger partial charge >= 0.3 is 0 Å². The Balaban J connectivity index is 1.85. The highest BCUT2D eigenvalue weighted by Gasteiger charge is 2.33. The molecule has 0 aromatic rings. The largest absolute Gasteiger partial charge is 0.317 e. The zero-order valence-electron chi connectivity index (χ0n) is 12.8. The van der Waals surface area contributed by atoms with E-state index in [0.717, 1.165) is 18.1 Å². The highest BCUT2D eigenvalue weighted by Crippen LogP contribution is 2.38. The van der Waals surface area contributed by atoms with Gasteiger partial charge in [0.05, 0.1) is 0 Å². The van der Waals surface area contributed by atoms with Crippen molar-refractivity contribution in [2.75, 3.05) is 14.1 Å². The Kier molecular flexibility index (Phi) is 4.71. The number of nitrogens with zero attached hydrogens (tertiary/aromatic N) is 1. The second kappa shape index (κ2) is 5.92. The minimum Gasteiger partial charge on any atom is -0.317 e. The third-order valence-corrected chi connectivity index (χ3v) is 5.52. The molecule has 18 heavy (non-hydrogen) atoms. The Bertz CT molecular complexity index is 252. The standard InChI is InChI=1S/C16H32N2/c1-16(2)10-8-14(9-11-16)18(4)15-7-5-6-13(12-15)17-3/h13-15,17H,5-12H2,1-4H3. The summed E-state index contributed by atoms with van der Waals surface area (Å²) in [7, 11) is 4.50. The lowest BCUT2D eigenvalue weighted by Gasteiger charge is -2.44. The summed E-state index contributed by atoms with van der Waals surface area (Å²) in [5.41, 5.74) is 0.595. The summed E-state index contributed by atoms with van der Waals surface area (Å²) in [4.78, 5) is 2.72. The van der Waals surface area contributed by atoms with Gasteiger partial charge in [-0.05, 0) is 64.5 Å². The molecule has 106 valence electrons. The Morgan fingerprint density at radius 2 is 1.67 bits per heavy atom. The summed E-state index contributed by atoms with van der Waals surface area (Å²) in [5.74, 6) is 0. The second-order valence-electron chi connectivity index (χ2n) is 7.37. The third-order valence-electron chi connectivity index (χ3n) is 5.52. The molecular formula is C16H32N2. The molecule has 2 atom stereocenters. The van der Waals surface area contributed by atoms with E-state index in [9.17, 15) is 0 Å². The van der Waals surface area contributed by atoms with Crippen molar-refractivity contribution in [1.29, 1.82) is 0 Å². The van der Waals surface area contributed by atoms with E-state index < -0.39 is 0 Å². The monoisotopic (exact) mass is 252 g/mol. The van der Waals surface area contributed by atoms with Gasteiger partial charge in [0.1, 0.15) is 0 Å². The van der Waals surface area contributed by atoms with E-state index in [0.29, 0.717) is 5.41 Å². The molecule has 0 aromatic carbocycles. The van der Waals surface area contributed by atoms with E-state index in [2.05, 4.69) is 38.2 Å². The van der Waals surface area contributed by atoms with E-state index in [-0.39, 0.29) is 0 Å². The summed E-state index contributed by atoms with van der Waals surface area (Å²) in [5, 5.41) is 3.48. The van der Waals surface area contributed by atoms with Gasteiger partial charge < -0.3 is 10.2 Å². The predicted molar refractivity (Wildman–Crippen MR) is 78.9 cm³/mol. The first-order valence-electron chi connectivity index (χ1n) is 7.91. The molecule has 0 amide bonds. The highest BCUT2D eigenvalue weighted by molar-refractivity contribution is 4.88. The molecule has 0 heterocycles. The average Bonchev–Trinajstić information content (AvgIpc) is 2.38. The maximum Gasteiger partial charge on any atom is 0.0110 e. The van der Waals surface area contributed by atoms with Gasteiger partial charge in [-0.25, -0.2) is 0 Å². The van der Waals surface area contributed by atoms with E-state index in [4.69, 9.17) is 0 Å². The van der Waals surface area contributed by atoms with Crippen molar-refractivity contribution in [1.82, 2.24) is 10.2 Å². The van der Waals surface area contributed by atoms with Crippen LogP contribution in [0, 0.1) is 5.41 Å². The van der Waals surface area contributed by atoms with Crippen LogP contribution in [0.1, 0.15) is 65.2 Å². The molecule has 2 unspecified atom stereocenters. The lowest BCUT2D eigenvalue weighted by atomic mass is 9.75. The Morgan fingerprint density at radius 3 is 2.28 bits per heavy atom. The first-order valence-corrected chi connectivity index (χ1v) is 7.91. The zero-order chi connectivity index (χ0) is 13.2. The molecule has 2 saturated carbocycles. The molecule has 2 fully saturated rings. The smallest absolute Gasteiger partial charge is 0.0110 e. The van der Waals surface area contributed by atoms with Crippen molar-refractivity contribution in [3.05, 3.63) is 0 Å². The number of nitrogens with one attached hydrogen (secondary N) is 1. The zero-order valence-corrected chi connectivity index (χ0v) is 12.8. The molecular weight excluding hydrogens is 220 g/mol. The van der Waals surface area contributed by atoms with Crippen LogP contribution in [-0.4, -0.2) is 37.1 Å². The van der Waals surface area contributed by atoms with Gasteiger partial charge in [-0.2, -0.15) is 0 Å². The maximum atomic E-state index is 3.48. The third kappa shape index (κ3) is 3.48. The summed E-state index contributed by atoms with van der Waals surface area (Å²) in [6, 6.07) is 2.42. The topological polar surface area (TPSA) is 15.3 Å². The van der Waals surface area contributed by atoms with Crippen molar-refractivity contribution in [2.45, 2.75) is 83.3 Å². The van der Waals surface area contributed by atoms with Crippen LogP contribution in [0.4, 0.5) is 0 Å². The average molecular weight is 252 g/mol.